The van der Waals surface area contributed by atoms with Gasteiger partial charge in [-0.15, -0.1) is 11.3 Å². The van der Waals surface area contributed by atoms with Crippen molar-refractivity contribution in [2.24, 2.45) is 12.0 Å². The average Bonchev–Trinajstić information content (AvgIpc) is 2.97. The van der Waals surface area contributed by atoms with E-state index in [2.05, 4.69) is 4.99 Å². The maximum absolute atomic E-state index is 13.8. The van der Waals surface area contributed by atoms with E-state index in [1.165, 1.54) is 17.4 Å². The fourth-order valence-corrected chi connectivity index (χ4v) is 3.32. The number of hydrogen-bond acceptors (Lipinski definition) is 3. The first-order chi connectivity index (χ1) is 12.5. The van der Waals surface area contributed by atoms with E-state index in [0.29, 0.717) is 4.80 Å². The lowest BCUT2D eigenvalue weighted by molar-refractivity contribution is -0.117. The molecule has 0 saturated heterocycles. The van der Waals surface area contributed by atoms with Gasteiger partial charge in [-0.25, -0.2) is 13.8 Å². The zero-order valence-corrected chi connectivity index (χ0v) is 15.1. The van der Waals surface area contributed by atoms with Crippen LogP contribution in [0.2, 0.25) is 0 Å². The van der Waals surface area contributed by atoms with Gasteiger partial charge < -0.3 is 9.47 Å². The lowest BCUT2D eigenvalue weighted by atomic mass is 10.2. The summed E-state index contributed by atoms with van der Waals surface area (Å²) in [4.78, 5) is 18.9. The Kier molecular flexibility index (Phi) is 5.27. The topological polar surface area (TPSA) is 37.6 Å². The predicted octanol–water partition coefficient (Wildman–Crippen LogP) is 3.80. The van der Waals surface area contributed by atoms with Crippen molar-refractivity contribution >= 4 is 28.6 Å². The second-order valence-electron chi connectivity index (χ2n) is 5.74. The van der Waals surface area contributed by atoms with Crippen LogP contribution in [0, 0.1) is 11.6 Å². The lowest BCUT2D eigenvalue weighted by Crippen LogP contribution is -2.29. The van der Waals surface area contributed by atoms with E-state index in [9.17, 15) is 13.6 Å². The number of hydrogen-bond donors (Lipinski definition) is 0. The largest absolute Gasteiger partial charge is 0.323 e. The summed E-state index contributed by atoms with van der Waals surface area (Å²) in [6, 6.07) is 12.6. The van der Waals surface area contributed by atoms with Gasteiger partial charge in [0.2, 0.25) is 5.91 Å². The van der Waals surface area contributed by atoms with Crippen molar-refractivity contribution in [2.45, 2.75) is 6.42 Å². The molecule has 2 aromatic carbocycles. The van der Waals surface area contributed by atoms with Gasteiger partial charge in [0.05, 0.1) is 6.42 Å². The molecule has 0 aliphatic carbocycles. The highest BCUT2D eigenvalue weighted by Gasteiger charge is 2.14. The number of amides is 1. The molecular weight excluding hydrogens is 356 g/mol. The van der Waals surface area contributed by atoms with E-state index in [1.54, 1.807) is 23.6 Å². The number of carbonyl (C=O) groups excluding carboxylic acids is 1. The summed E-state index contributed by atoms with van der Waals surface area (Å²) in [5, 5.41) is 1.82. The quantitative estimate of drug-likeness (QED) is 0.685. The van der Waals surface area contributed by atoms with E-state index >= 15 is 0 Å². The van der Waals surface area contributed by atoms with Crippen LogP contribution in [-0.4, -0.2) is 17.5 Å². The van der Waals surface area contributed by atoms with Gasteiger partial charge in [0.15, 0.2) is 10.6 Å². The molecule has 3 rings (SSSR count). The molecule has 1 amide bonds. The Morgan fingerprint density at radius 1 is 1.19 bits per heavy atom. The van der Waals surface area contributed by atoms with E-state index in [-0.39, 0.29) is 18.0 Å². The number of rotatable bonds is 4. The molecule has 3 aromatic rings. The van der Waals surface area contributed by atoms with Crippen molar-refractivity contribution in [2.75, 3.05) is 11.9 Å². The van der Waals surface area contributed by atoms with Gasteiger partial charge in [-0.1, -0.05) is 18.2 Å². The van der Waals surface area contributed by atoms with Crippen LogP contribution in [0.3, 0.4) is 0 Å². The summed E-state index contributed by atoms with van der Waals surface area (Å²) in [5.41, 5.74) is 1.64. The second-order valence-corrected chi connectivity index (χ2v) is 6.58. The second kappa shape index (κ2) is 7.61. The number of anilines is 1. The Bertz CT molecular complexity index is 996. The molecule has 1 aromatic heterocycles. The highest BCUT2D eigenvalue weighted by atomic mass is 32.1. The van der Waals surface area contributed by atoms with Crippen LogP contribution in [0.1, 0.15) is 5.69 Å². The molecule has 7 heteroatoms. The van der Waals surface area contributed by atoms with Gasteiger partial charge in [0.25, 0.3) is 0 Å². The Morgan fingerprint density at radius 2 is 1.92 bits per heavy atom. The molecule has 1 heterocycles. The summed E-state index contributed by atoms with van der Waals surface area (Å²) in [6.07, 6.45) is 0.194. The van der Waals surface area contributed by atoms with Crippen molar-refractivity contribution in [1.82, 2.24) is 4.57 Å². The van der Waals surface area contributed by atoms with Crippen LogP contribution in [-0.2, 0) is 18.3 Å². The minimum Gasteiger partial charge on any atom is -0.323 e. The Balaban J connectivity index is 1.83. The molecular formula is C19H17F2N3OS. The van der Waals surface area contributed by atoms with Crippen LogP contribution in [0.5, 0.6) is 0 Å². The predicted molar refractivity (Wildman–Crippen MR) is 98.4 cm³/mol. The standard InChI is InChI=1S/C19H17F2N3OS/c1-23(14-6-4-3-5-7-14)18(25)11-15-12-26-19(24(15)2)22-17-9-8-13(20)10-16(17)21/h3-10,12H,11H2,1-2H3. The Labute approximate surface area is 153 Å². The molecule has 0 bridgehead atoms. The number of likely N-dealkylation sites (N-methyl/N-ethyl adjacent to an activating group) is 1. The number of nitrogens with zero attached hydrogens (tertiary/aromatic N) is 3. The van der Waals surface area contributed by atoms with E-state index < -0.39 is 11.6 Å². The van der Waals surface area contributed by atoms with Crippen LogP contribution in [0.25, 0.3) is 0 Å². The summed E-state index contributed by atoms with van der Waals surface area (Å²) >= 11 is 1.30. The van der Waals surface area contributed by atoms with Crippen LogP contribution in [0.15, 0.2) is 58.9 Å². The number of carbonyl (C=O) groups is 1. The fourth-order valence-electron chi connectivity index (χ4n) is 2.41. The van der Waals surface area contributed by atoms with Crippen molar-refractivity contribution in [1.29, 1.82) is 0 Å². The number of para-hydroxylation sites is 1. The molecule has 0 saturated carbocycles. The molecule has 0 radical (unpaired) electrons. The first-order valence-electron chi connectivity index (χ1n) is 7.90. The smallest absolute Gasteiger partial charge is 0.232 e. The molecule has 0 unspecified atom stereocenters. The summed E-state index contributed by atoms with van der Waals surface area (Å²) in [6.45, 7) is 0. The molecule has 0 atom stereocenters. The maximum atomic E-state index is 13.8. The first-order valence-corrected chi connectivity index (χ1v) is 8.78. The van der Waals surface area contributed by atoms with Crippen molar-refractivity contribution < 1.29 is 13.6 Å². The Hall–Kier alpha value is -2.80. The monoisotopic (exact) mass is 373 g/mol. The minimum absolute atomic E-state index is 0.0585. The van der Waals surface area contributed by atoms with Gasteiger partial charge in [-0.2, -0.15) is 0 Å². The third-order valence-electron chi connectivity index (χ3n) is 3.99. The molecule has 0 fully saturated rings. The molecule has 0 aliphatic rings. The third-order valence-corrected chi connectivity index (χ3v) is 4.96. The van der Waals surface area contributed by atoms with Crippen LogP contribution in [0.4, 0.5) is 20.2 Å². The molecule has 26 heavy (non-hydrogen) atoms. The number of thiazole rings is 1. The fraction of sp³-hybridized carbons (Fsp3) is 0.158. The van der Waals surface area contributed by atoms with Gasteiger partial charge in [-0.3, -0.25) is 4.79 Å². The van der Waals surface area contributed by atoms with E-state index in [0.717, 1.165) is 23.5 Å². The maximum Gasteiger partial charge on any atom is 0.232 e. The van der Waals surface area contributed by atoms with Crippen molar-refractivity contribution in [3.63, 3.8) is 0 Å². The zero-order chi connectivity index (χ0) is 18.7. The van der Waals surface area contributed by atoms with Crippen molar-refractivity contribution in [3.8, 4) is 0 Å². The van der Waals surface area contributed by atoms with Gasteiger partial charge in [0.1, 0.15) is 11.5 Å². The normalized spacial score (nSPS) is 11.6. The summed E-state index contributed by atoms with van der Waals surface area (Å²) in [5.74, 6) is -1.43. The average molecular weight is 373 g/mol. The molecule has 134 valence electrons. The molecule has 0 aliphatic heterocycles. The first kappa shape index (κ1) is 18.0. The molecule has 4 nitrogen and oxygen atoms in total. The highest BCUT2D eigenvalue weighted by Crippen LogP contribution is 2.18. The molecule has 0 N–H and O–H groups in total. The third kappa shape index (κ3) is 3.88. The number of aromatic nitrogens is 1. The SMILES string of the molecule is CN(C(=O)Cc1csc(=Nc2ccc(F)cc2F)n1C)c1ccccc1. The minimum atomic E-state index is -0.722. The Morgan fingerprint density at radius 3 is 2.62 bits per heavy atom. The summed E-state index contributed by atoms with van der Waals surface area (Å²) in [7, 11) is 3.49. The lowest BCUT2D eigenvalue weighted by Gasteiger charge is -2.17. The summed E-state index contributed by atoms with van der Waals surface area (Å²) < 4.78 is 28.5. The number of halogens is 2. The van der Waals surface area contributed by atoms with Crippen molar-refractivity contribution in [3.05, 3.63) is 76.0 Å². The van der Waals surface area contributed by atoms with Crippen LogP contribution < -0.4 is 9.70 Å². The van der Waals surface area contributed by atoms with E-state index in [4.69, 9.17) is 0 Å². The van der Waals surface area contributed by atoms with E-state index in [1.807, 2.05) is 35.7 Å². The number of benzene rings is 2. The van der Waals surface area contributed by atoms with Gasteiger partial charge in [0, 0.05) is 36.9 Å². The van der Waals surface area contributed by atoms with Crippen LogP contribution >= 0.6 is 11.3 Å². The highest BCUT2D eigenvalue weighted by molar-refractivity contribution is 7.07. The zero-order valence-electron chi connectivity index (χ0n) is 14.3. The van der Waals surface area contributed by atoms with Gasteiger partial charge in [-0.05, 0) is 24.3 Å². The van der Waals surface area contributed by atoms with Gasteiger partial charge >= 0.3 is 0 Å². The molecule has 0 spiro atoms.